The number of aliphatic hydroxyl groups excluding tert-OH is 1. The van der Waals surface area contributed by atoms with Gasteiger partial charge in [0.1, 0.15) is 5.82 Å². The third-order valence-electron chi connectivity index (χ3n) is 2.83. The Labute approximate surface area is 110 Å². The summed E-state index contributed by atoms with van der Waals surface area (Å²) >= 11 is 1.67. The molecule has 0 aliphatic heterocycles. The highest BCUT2D eigenvalue weighted by Gasteiger charge is 2.16. The molecule has 1 atom stereocenters. The lowest BCUT2D eigenvalue weighted by Crippen LogP contribution is -2.18. The van der Waals surface area contributed by atoms with E-state index in [1.54, 1.807) is 24.3 Å². The summed E-state index contributed by atoms with van der Waals surface area (Å²) in [7, 11) is 1.90. The highest BCUT2D eigenvalue weighted by Crippen LogP contribution is 2.29. The van der Waals surface area contributed by atoms with Crippen molar-refractivity contribution in [1.29, 1.82) is 0 Å². The van der Waals surface area contributed by atoms with Gasteiger partial charge in [0.15, 0.2) is 0 Å². The van der Waals surface area contributed by atoms with Gasteiger partial charge in [0, 0.05) is 23.2 Å². The van der Waals surface area contributed by atoms with E-state index in [2.05, 4.69) is 0 Å². The first kappa shape index (κ1) is 13.1. The molecule has 0 unspecified atom stereocenters. The maximum atomic E-state index is 13.8. The third kappa shape index (κ3) is 2.71. The standard InChI is InChI=1S/C14H16FNOS/c1-10(17)14-12(15)6-3-7-13(14)16(2)9-11-5-4-8-18-11/h3-8,10,17H,9H2,1-2H3/t10-/m1/s1. The number of nitrogens with zero attached hydrogens (tertiary/aromatic N) is 1. The van der Waals surface area contributed by atoms with Gasteiger partial charge in [-0.05, 0) is 30.5 Å². The third-order valence-corrected chi connectivity index (χ3v) is 3.69. The molecule has 2 aromatic rings. The largest absolute Gasteiger partial charge is 0.389 e. The van der Waals surface area contributed by atoms with Crippen LogP contribution in [-0.2, 0) is 6.54 Å². The molecule has 1 heterocycles. The Morgan fingerprint density at radius 3 is 2.72 bits per heavy atom. The topological polar surface area (TPSA) is 23.5 Å². The molecular formula is C14H16FNOS. The number of rotatable bonds is 4. The smallest absolute Gasteiger partial charge is 0.131 e. The molecule has 4 heteroatoms. The Bertz CT molecular complexity index is 511. The quantitative estimate of drug-likeness (QED) is 0.913. The minimum atomic E-state index is -0.813. The second kappa shape index (κ2) is 5.50. The summed E-state index contributed by atoms with van der Waals surface area (Å²) in [4.78, 5) is 3.16. The Morgan fingerprint density at radius 2 is 2.11 bits per heavy atom. The molecule has 0 saturated carbocycles. The van der Waals surface area contributed by atoms with Gasteiger partial charge in [0.05, 0.1) is 12.6 Å². The molecule has 1 aromatic carbocycles. The average Bonchev–Trinajstić information content (AvgIpc) is 2.80. The molecule has 0 amide bonds. The first-order valence-corrected chi connectivity index (χ1v) is 6.67. The zero-order valence-electron chi connectivity index (χ0n) is 10.4. The van der Waals surface area contributed by atoms with Gasteiger partial charge in [0.25, 0.3) is 0 Å². The Balaban J connectivity index is 2.29. The van der Waals surface area contributed by atoms with E-state index in [9.17, 15) is 9.50 Å². The molecule has 1 N–H and O–H groups in total. The number of aliphatic hydroxyl groups is 1. The van der Waals surface area contributed by atoms with E-state index >= 15 is 0 Å². The van der Waals surface area contributed by atoms with Gasteiger partial charge < -0.3 is 10.0 Å². The van der Waals surface area contributed by atoms with Gasteiger partial charge in [-0.3, -0.25) is 0 Å². The van der Waals surface area contributed by atoms with Crippen molar-refractivity contribution in [3.05, 3.63) is 52.0 Å². The summed E-state index contributed by atoms with van der Waals surface area (Å²) in [6.45, 7) is 2.29. The van der Waals surface area contributed by atoms with Crippen molar-refractivity contribution in [2.45, 2.75) is 19.6 Å². The summed E-state index contributed by atoms with van der Waals surface area (Å²) in [6.07, 6.45) is -0.813. The summed E-state index contributed by atoms with van der Waals surface area (Å²) in [5, 5.41) is 11.7. The van der Waals surface area contributed by atoms with Gasteiger partial charge in [-0.1, -0.05) is 12.1 Å². The Hall–Kier alpha value is -1.39. The fourth-order valence-electron chi connectivity index (χ4n) is 1.99. The highest BCUT2D eigenvalue weighted by molar-refractivity contribution is 7.09. The van der Waals surface area contributed by atoms with Gasteiger partial charge in [0.2, 0.25) is 0 Å². The maximum absolute atomic E-state index is 13.8. The van der Waals surface area contributed by atoms with E-state index in [-0.39, 0.29) is 5.82 Å². The van der Waals surface area contributed by atoms with Crippen LogP contribution in [0.2, 0.25) is 0 Å². The van der Waals surface area contributed by atoms with Gasteiger partial charge >= 0.3 is 0 Å². The van der Waals surface area contributed by atoms with Crippen LogP contribution in [0.5, 0.6) is 0 Å². The van der Waals surface area contributed by atoms with Crippen LogP contribution in [0.1, 0.15) is 23.5 Å². The van der Waals surface area contributed by atoms with Crippen LogP contribution in [0, 0.1) is 5.82 Å². The van der Waals surface area contributed by atoms with Crippen LogP contribution in [-0.4, -0.2) is 12.2 Å². The minimum absolute atomic E-state index is 0.358. The average molecular weight is 265 g/mol. The second-order valence-electron chi connectivity index (χ2n) is 4.28. The lowest BCUT2D eigenvalue weighted by atomic mass is 10.1. The van der Waals surface area contributed by atoms with E-state index in [4.69, 9.17) is 0 Å². The monoisotopic (exact) mass is 265 g/mol. The lowest BCUT2D eigenvalue weighted by Gasteiger charge is -2.23. The summed E-state index contributed by atoms with van der Waals surface area (Å²) in [5.74, 6) is -0.361. The molecule has 2 rings (SSSR count). The number of hydrogen-bond donors (Lipinski definition) is 1. The van der Waals surface area contributed by atoms with Crippen molar-refractivity contribution in [3.63, 3.8) is 0 Å². The van der Waals surface area contributed by atoms with E-state index in [1.807, 2.05) is 35.5 Å². The maximum Gasteiger partial charge on any atom is 0.131 e. The molecule has 1 aromatic heterocycles. The number of hydrogen-bond acceptors (Lipinski definition) is 3. The predicted molar refractivity (Wildman–Crippen MR) is 73.5 cm³/mol. The van der Waals surface area contributed by atoms with Crippen LogP contribution in [0.3, 0.4) is 0 Å². The number of halogens is 1. The number of benzene rings is 1. The van der Waals surface area contributed by atoms with Crippen molar-refractivity contribution in [2.75, 3.05) is 11.9 Å². The van der Waals surface area contributed by atoms with E-state index in [0.29, 0.717) is 12.1 Å². The second-order valence-corrected chi connectivity index (χ2v) is 5.32. The van der Waals surface area contributed by atoms with Crippen molar-refractivity contribution < 1.29 is 9.50 Å². The van der Waals surface area contributed by atoms with Crippen molar-refractivity contribution >= 4 is 17.0 Å². The fourth-order valence-corrected chi connectivity index (χ4v) is 2.75. The van der Waals surface area contributed by atoms with Crippen LogP contribution in [0.25, 0.3) is 0 Å². The van der Waals surface area contributed by atoms with Crippen molar-refractivity contribution in [3.8, 4) is 0 Å². The molecule has 0 spiro atoms. The summed E-state index contributed by atoms with van der Waals surface area (Å²) < 4.78 is 13.8. The van der Waals surface area contributed by atoms with E-state index < -0.39 is 6.10 Å². The van der Waals surface area contributed by atoms with Crippen molar-refractivity contribution in [1.82, 2.24) is 0 Å². The molecular weight excluding hydrogens is 249 g/mol. The minimum Gasteiger partial charge on any atom is -0.389 e. The zero-order valence-corrected chi connectivity index (χ0v) is 11.2. The molecule has 0 aliphatic carbocycles. The molecule has 0 aliphatic rings. The summed E-state index contributed by atoms with van der Waals surface area (Å²) in [6, 6.07) is 8.92. The molecule has 0 saturated heterocycles. The van der Waals surface area contributed by atoms with Crippen molar-refractivity contribution in [2.24, 2.45) is 0 Å². The highest BCUT2D eigenvalue weighted by atomic mass is 32.1. The number of anilines is 1. The SMILES string of the molecule is C[C@@H](O)c1c(F)cccc1N(C)Cc1cccs1. The summed E-state index contributed by atoms with van der Waals surface area (Å²) in [5.41, 5.74) is 1.09. The Morgan fingerprint density at radius 1 is 1.33 bits per heavy atom. The molecule has 0 radical (unpaired) electrons. The van der Waals surface area contributed by atoms with Crippen LogP contribution < -0.4 is 4.90 Å². The van der Waals surface area contributed by atoms with Gasteiger partial charge in [-0.2, -0.15) is 0 Å². The molecule has 0 fully saturated rings. The first-order chi connectivity index (χ1) is 8.59. The predicted octanol–water partition coefficient (Wildman–Crippen LogP) is 3.58. The van der Waals surface area contributed by atoms with Gasteiger partial charge in [-0.25, -0.2) is 4.39 Å². The first-order valence-electron chi connectivity index (χ1n) is 5.79. The fraction of sp³-hybridized carbons (Fsp3) is 0.286. The Kier molecular flexibility index (Phi) is 3.99. The van der Waals surface area contributed by atoms with Crippen LogP contribution >= 0.6 is 11.3 Å². The molecule has 18 heavy (non-hydrogen) atoms. The lowest BCUT2D eigenvalue weighted by molar-refractivity contribution is 0.194. The zero-order chi connectivity index (χ0) is 13.1. The van der Waals surface area contributed by atoms with E-state index in [0.717, 1.165) is 5.69 Å². The van der Waals surface area contributed by atoms with Crippen LogP contribution in [0.15, 0.2) is 35.7 Å². The molecule has 96 valence electrons. The van der Waals surface area contributed by atoms with E-state index in [1.165, 1.54) is 10.9 Å². The molecule has 0 bridgehead atoms. The molecule has 2 nitrogen and oxygen atoms in total. The van der Waals surface area contributed by atoms with Gasteiger partial charge in [-0.15, -0.1) is 11.3 Å². The number of thiophene rings is 1. The van der Waals surface area contributed by atoms with Crippen LogP contribution in [0.4, 0.5) is 10.1 Å². The normalized spacial score (nSPS) is 12.4.